The Hall–Kier alpha value is -2.82. The molecule has 2 aliphatic carbocycles. The van der Waals surface area contributed by atoms with E-state index in [9.17, 15) is 9.59 Å². The van der Waals surface area contributed by atoms with Gasteiger partial charge in [-0.15, -0.1) is 0 Å². The van der Waals surface area contributed by atoms with Crippen molar-refractivity contribution in [3.05, 3.63) is 71.7 Å². The molecule has 0 unspecified atom stereocenters. The second kappa shape index (κ2) is 10.0. The molecule has 5 nitrogen and oxygen atoms in total. The fraction of sp³-hybridized carbons (Fsp3) is 0.533. The summed E-state index contributed by atoms with van der Waals surface area (Å²) in [5.41, 5.74) is 2.72. The lowest BCUT2D eigenvalue weighted by atomic mass is 9.46. The Morgan fingerprint density at radius 1 is 1.17 bits per heavy atom. The standard InChI is InChI=1S/C30H39NO4/c1-21-12-15-26-29(2,17-9-18-30(26,3)28(33)34-5)24(21)14-13-22-16-19-35-25(22)20-31(4)27(32)23-10-7-6-8-11-23/h6-8,10-11,16,19,24,26H,1,9,12-15,17-18,20H2,2-5H3/t24-,26+,29+,30-/m1/s1. The first-order valence-corrected chi connectivity index (χ1v) is 12.8. The molecule has 0 radical (unpaired) electrons. The van der Waals surface area contributed by atoms with Crippen molar-refractivity contribution < 1.29 is 18.7 Å². The monoisotopic (exact) mass is 477 g/mol. The minimum Gasteiger partial charge on any atom is -0.469 e. The summed E-state index contributed by atoms with van der Waals surface area (Å²) in [5, 5.41) is 0. The number of nitrogens with zero attached hydrogens (tertiary/aromatic N) is 1. The Bertz CT molecular complexity index is 1070. The average molecular weight is 478 g/mol. The van der Waals surface area contributed by atoms with E-state index in [2.05, 4.69) is 20.4 Å². The molecule has 1 heterocycles. The number of furan rings is 1. The van der Waals surface area contributed by atoms with Crippen LogP contribution in [0.15, 0.2) is 59.2 Å². The number of esters is 1. The predicted octanol–water partition coefficient (Wildman–Crippen LogP) is 6.44. The zero-order valence-electron chi connectivity index (χ0n) is 21.6. The number of benzene rings is 1. The van der Waals surface area contributed by atoms with E-state index < -0.39 is 5.41 Å². The van der Waals surface area contributed by atoms with Crippen LogP contribution in [0.1, 0.15) is 74.1 Å². The molecular weight excluding hydrogens is 438 g/mol. The van der Waals surface area contributed by atoms with Gasteiger partial charge in [0.05, 0.1) is 25.3 Å². The van der Waals surface area contributed by atoms with Crippen molar-refractivity contribution in [3.63, 3.8) is 0 Å². The largest absolute Gasteiger partial charge is 0.469 e. The summed E-state index contributed by atoms with van der Waals surface area (Å²) in [7, 11) is 3.32. The van der Waals surface area contributed by atoms with Gasteiger partial charge < -0.3 is 14.1 Å². The van der Waals surface area contributed by atoms with Gasteiger partial charge in [0.2, 0.25) is 0 Å². The first-order chi connectivity index (χ1) is 16.7. The van der Waals surface area contributed by atoms with Crippen molar-refractivity contribution in [2.45, 2.75) is 65.3 Å². The van der Waals surface area contributed by atoms with Crippen molar-refractivity contribution in [3.8, 4) is 0 Å². The molecule has 5 heteroatoms. The number of rotatable bonds is 7. The number of aryl methyl sites for hydroxylation is 1. The number of carbonyl (C=O) groups is 2. The van der Waals surface area contributed by atoms with E-state index in [1.165, 1.54) is 12.7 Å². The van der Waals surface area contributed by atoms with E-state index in [-0.39, 0.29) is 17.3 Å². The number of hydrogen-bond donors (Lipinski definition) is 0. The molecule has 0 N–H and O–H groups in total. The molecule has 2 aliphatic rings. The number of hydrogen-bond acceptors (Lipinski definition) is 4. The predicted molar refractivity (Wildman–Crippen MR) is 137 cm³/mol. The lowest BCUT2D eigenvalue weighted by Crippen LogP contribution is -2.53. The highest BCUT2D eigenvalue weighted by Gasteiger charge is 2.57. The number of amides is 1. The highest BCUT2D eigenvalue weighted by Crippen LogP contribution is 2.62. The Morgan fingerprint density at radius 3 is 2.63 bits per heavy atom. The smallest absolute Gasteiger partial charge is 0.311 e. The Kier molecular flexibility index (Phi) is 7.25. The fourth-order valence-corrected chi connectivity index (χ4v) is 7.08. The number of fused-ring (bicyclic) bond motifs is 1. The maximum absolute atomic E-state index is 12.8. The van der Waals surface area contributed by atoms with Gasteiger partial charge in [-0.3, -0.25) is 9.59 Å². The molecule has 0 spiro atoms. The Morgan fingerprint density at radius 2 is 1.91 bits per heavy atom. The molecule has 0 bridgehead atoms. The van der Waals surface area contributed by atoms with E-state index in [4.69, 9.17) is 9.15 Å². The van der Waals surface area contributed by atoms with Crippen LogP contribution in [0.3, 0.4) is 0 Å². The molecule has 1 amide bonds. The summed E-state index contributed by atoms with van der Waals surface area (Å²) in [5.74, 6) is 1.39. The number of allylic oxidation sites excluding steroid dienone is 1. The second-order valence-electron chi connectivity index (χ2n) is 11.0. The number of methoxy groups -OCH3 is 1. The van der Waals surface area contributed by atoms with Crippen molar-refractivity contribution in [2.24, 2.45) is 22.7 Å². The maximum Gasteiger partial charge on any atom is 0.311 e. The van der Waals surface area contributed by atoms with Crippen LogP contribution in [0.2, 0.25) is 0 Å². The number of ether oxygens (including phenoxy) is 1. The van der Waals surface area contributed by atoms with E-state index in [0.29, 0.717) is 23.9 Å². The zero-order valence-corrected chi connectivity index (χ0v) is 21.6. The quantitative estimate of drug-likeness (QED) is 0.340. The van der Waals surface area contributed by atoms with Crippen LogP contribution in [0.4, 0.5) is 0 Å². The molecule has 188 valence electrons. The lowest BCUT2D eigenvalue weighted by Gasteiger charge is -2.57. The van der Waals surface area contributed by atoms with Crippen LogP contribution < -0.4 is 0 Å². The molecule has 2 saturated carbocycles. The third kappa shape index (κ3) is 4.70. The highest BCUT2D eigenvalue weighted by molar-refractivity contribution is 5.93. The molecule has 0 saturated heterocycles. The summed E-state index contributed by atoms with van der Waals surface area (Å²) >= 11 is 0. The van der Waals surface area contributed by atoms with E-state index in [1.807, 2.05) is 43.4 Å². The third-order valence-electron chi connectivity index (χ3n) is 8.96. The summed E-state index contributed by atoms with van der Waals surface area (Å²) < 4.78 is 11.1. The van der Waals surface area contributed by atoms with Crippen molar-refractivity contribution >= 4 is 11.9 Å². The van der Waals surface area contributed by atoms with Gasteiger partial charge in [-0.1, -0.05) is 43.7 Å². The number of carbonyl (C=O) groups excluding carboxylic acids is 2. The van der Waals surface area contributed by atoms with Crippen molar-refractivity contribution in [1.29, 1.82) is 0 Å². The van der Waals surface area contributed by atoms with Gasteiger partial charge in [-0.05, 0) is 86.5 Å². The van der Waals surface area contributed by atoms with E-state index >= 15 is 0 Å². The van der Waals surface area contributed by atoms with Crippen LogP contribution in [0, 0.1) is 22.7 Å². The van der Waals surface area contributed by atoms with Gasteiger partial charge >= 0.3 is 5.97 Å². The zero-order chi connectivity index (χ0) is 25.2. The molecule has 35 heavy (non-hydrogen) atoms. The molecular formula is C30H39NO4. The summed E-state index contributed by atoms with van der Waals surface area (Å²) in [6, 6.07) is 11.4. The second-order valence-corrected chi connectivity index (χ2v) is 11.0. The van der Waals surface area contributed by atoms with Crippen molar-refractivity contribution in [1.82, 2.24) is 4.90 Å². The van der Waals surface area contributed by atoms with E-state index in [1.54, 1.807) is 11.2 Å². The normalized spacial score (nSPS) is 28.3. The maximum atomic E-state index is 12.8. The summed E-state index contributed by atoms with van der Waals surface area (Å²) in [6.07, 6.45) is 8.55. The van der Waals surface area contributed by atoms with Gasteiger partial charge in [0.25, 0.3) is 5.91 Å². The minimum absolute atomic E-state index is 0.0201. The van der Waals surface area contributed by atoms with Crippen LogP contribution in [0.25, 0.3) is 0 Å². The van der Waals surface area contributed by atoms with Gasteiger partial charge in [0, 0.05) is 12.6 Å². The summed E-state index contributed by atoms with van der Waals surface area (Å²) in [4.78, 5) is 27.3. The topological polar surface area (TPSA) is 59.8 Å². The molecule has 4 rings (SSSR count). The van der Waals surface area contributed by atoms with Gasteiger partial charge in [0.1, 0.15) is 5.76 Å². The summed E-state index contributed by atoms with van der Waals surface area (Å²) in [6.45, 7) is 9.39. The first-order valence-electron chi connectivity index (χ1n) is 12.8. The van der Waals surface area contributed by atoms with Crippen LogP contribution >= 0.6 is 0 Å². The van der Waals surface area contributed by atoms with Gasteiger partial charge in [-0.25, -0.2) is 0 Å². The molecule has 2 fully saturated rings. The highest BCUT2D eigenvalue weighted by atomic mass is 16.5. The fourth-order valence-electron chi connectivity index (χ4n) is 7.08. The van der Waals surface area contributed by atoms with Crippen molar-refractivity contribution in [2.75, 3.05) is 14.2 Å². The lowest BCUT2D eigenvalue weighted by molar-refractivity contribution is -0.168. The van der Waals surface area contributed by atoms with Gasteiger partial charge in [0.15, 0.2) is 0 Å². The SMILES string of the molecule is C=C1CC[C@H]2[C@@](C)(CCC[C@@]2(C)C(=O)OC)[C@@H]1CCc1ccoc1CN(C)C(=O)c1ccccc1. The molecule has 1 aromatic carbocycles. The molecule has 4 atom stereocenters. The van der Waals surface area contributed by atoms with Crippen LogP contribution in [0.5, 0.6) is 0 Å². The Balaban J connectivity index is 1.48. The average Bonchev–Trinajstić information content (AvgIpc) is 3.29. The van der Waals surface area contributed by atoms with Crippen LogP contribution in [-0.4, -0.2) is 30.9 Å². The minimum atomic E-state index is -0.429. The third-order valence-corrected chi connectivity index (χ3v) is 8.96. The molecule has 0 aliphatic heterocycles. The first kappa shape index (κ1) is 25.3. The molecule has 2 aromatic rings. The molecule has 1 aromatic heterocycles. The van der Waals surface area contributed by atoms with E-state index in [0.717, 1.165) is 56.3 Å². The van der Waals surface area contributed by atoms with Gasteiger partial charge in [-0.2, -0.15) is 0 Å². The Labute approximate surface area is 209 Å². The van der Waals surface area contributed by atoms with Crippen LogP contribution in [-0.2, 0) is 22.5 Å².